The van der Waals surface area contributed by atoms with E-state index < -0.39 is 6.03 Å². The number of nitrogens with zero attached hydrogens (tertiary/aromatic N) is 1. The molecule has 0 aliphatic carbocycles. The summed E-state index contributed by atoms with van der Waals surface area (Å²) in [7, 11) is 1.47. The molecule has 0 atom stereocenters. The Morgan fingerprint density at radius 1 is 1.36 bits per heavy atom. The molecule has 1 heterocycles. The fourth-order valence-corrected chi connectivity index (χ4v) is 1.19. The van der Waals surface area contributed by atoms with Crippen molar-refractivity contribution >= 4 is 11.9 Å². The highest BCUT2D eigenvalue weighted by Crippen LogP contribution is 1.95. The summed E-state index contributed by atoms with van der Waals surface area (Å²) in [5.41, 5.74) is 0. The first kappa shape index (κ1) is 10.9. The molecule has 0 aromatic carbocycles. The van der Waals surface area contributed by atoms with Crippen LogP contribution >= 0.6 is 0 Å². The predicted octanol–water partition coefficient (Wildman–Crippen LogP) is -1.23. The lowest BCUT2D eigenvalue weighted by atomic mass is 10.4. The van der Waals surface area contributed by atoms with Crippen LogP contribution in [0.2, 0.25) is 0 Å². The fraction of sp³-hybridized carbons (Fsp3) is 0.750. The summed E-state index contributed by atoms with van der Waals surface area (Å²) in [5.74, 6) is -0.286. The number of ether oxygens (including phenoxy) is 1. The van der Waals surface area contributed by atoms with Crippen LogP contribution in [0.3, 0.4) is 0 Å². The maximum atomic E-state index is 11.2. The van der Waals surface area contributed by atoms with Crippen molar-refractivity contribution in [2.45, 2.75) is 0 Å². The van der Waals surface area contributed by atoms with Gasteiger partial charge in [-0.25, -0.2) is 4.79 Å². The maximum Gasteiger partial charge on any atom is 0.321 e. The normalized spacial score (nSPS) is 17.5. The standard InChI is InChI=1S/C8H15N3O3/c1-9-8(13)10-7(12)6-11-2-4-14-5-3-11/h2-6H2,1H3,(H2,9,10,12,13). The van der Waals surface area contributed by atoms with Crippen LogP contribution in [0, 0.1) is 0 Å². The van der Waals surface area contributed by atoms with E-state index in [4.69, 9.17) is 4.74 Å². The summed E-state index contributed by atoms with van der Waals surface area (Å²) < 4.78 is 5.13. The number of rotatable bonds is 2. The second-order valence-electron chi connectivity index (χ2n) is 3.02. The van der Waals surface area contributed by atoms with E-state index in [2.05, 4.69) is 10.6 Å². The van der Waals surface area contributed by atoms with Crippen molar-refractivity contribution in [3.63, 3.8) is 0 Å². The summed E-state index contributed by atoms with van der Waals surface area (Å²) in [6.45, 7) is 3.01. The Morgan fingerprint density at radius 3 is 2.57 bits per heavy atom. The third-order valence-electron chi connectivity index (χ3n) is 1.95. The Hall–Kier alpha value is -1.14. The quantitative estimate of drug-likeness (QED) is 0.587. The van der Waals surface area contributed by atoms with E-state index >= 15 is 0 Å². The molecule has 0 saturated carbocycles. The zero-order valence-corrected chi connectivity index (χ0v) is 8.21. The molecular formula is C8H15N3O3. The molecule has 0 aromatic rings. The molecule has 0 spiro atoms. The lowest BCUT2D eigenvalue weighted by Crippen LogP contribution is -2.46. The molecule has 1 aliphatic heterocycles. The van der Waals surface area contributed by atoms with E-state index in [0.717, 1.165) is 13.1 Å². The highest BCUT2D eigenvalue weighted by Gasteiger charge is 2.14. The summed E-state index contributed by atoms with van der Waals surface area (Å²) in [5, 5.41) is 4.52. The Morgan fingerprint density at radius 2 is 2.00 bits per heavy atom. The van der Waals surface area contributed by atoms with Gasteiger partial charge in [0.15, 0.2) is 0 Å². The van der Waals surface area contributed by atoms with Crippen LogP contribution in [0.25, 0.3) is 0 Å². The van der Waals surface area contributed by atoms with Gasteiger partial charge in [-0.1, -0.05) is 0 Å². The highest BCUT2D eigenvalue weighted by atomic mass is 16.5. The summed E-state index contributed by atoms with van der Waals surface area (Å²) in [6, 6.07) is -0.469. The average molecular weight is 201 g/mol. The zero-order chi connectivity index (χ0) is 10.4. The molecule has 1 aliphatic rings. The van der Waals surface area contributed by atoms with Crippen molar-refractivity contribution in [3.8, 4) is 0 Å². The van der Waals surface area contributed by atoms with Crippen molar-refractivity contribution in [2.75, 3.05) is 39.9 Å². The number of carbonyl (C=O) groups is 2. The van der Waals surface area contributed by atoms with Crippen LogP contribution in [-0.4, -0.2) is 56.7 Å². The van der Waals surface area contributed by atoms with Crippen molar-refractivity contribution in [2.24, 2.45) is 0 Å². The number of imide groups is 1. The van der Waals surface area contributed by atoms with Crippen LogP contribution in [0.4, 0.5) is 4.79 Å². The molecule has 1 fully saturated rings. The van der Waals surface area contributed by atoms with Gasteiger partial charge in [0.1, 0.15) is 0 Å². The molecule has 6 heteroatoms. The first-order valence-corrected chi connectivity index (χ1v) is 4.54. The molecule has 0 bridgehead atoms. The number of morpholine rings is 1. The maximum absolute atomic E-state index is 11.2. The number of nitrogens with one attached hydrogen (secondary N) is 2. The van der Waals surface area contributed by atoms with Gasteiger partial charge in [0.05, 0.1) is 19.8 Å². The highest BCUT2D eigenvalue weighted by molar-refractivity contribution is 5.95. The van der Waals surface area contributed by atoms with Crippen molar-refractivity contribution < 1.29 is 14.3 Å². The molecule has 80 valence electrons. The van der Waals surface area contributed by atoms with Crippen LogP contribution in [-0.2, 0) is 9.53 Å². The van der Waals surface area contributed by atoms with E-state index in [9.17, 15) is 9.59 Å². The number of hydrogen-bond acceptors (Lipinski definition) is 4. The first-order chi connectivity index (χ1) is 6.72. The minimum absolute atomic E-state index is 0.247. The Balaban J connectivity index is 2.21. The molecular weight excluding hydrogens is 186 g/mol. The van der Waals surface area contributed by atoms with E-state index in [1.807, 2.05) is 4.90 Å². The van der Waals surface area contributed by atoms with E-state index in [1.54, 1.807) is 0 Å². The number of amides is 3. The Labute approximate surface area is 82.6 Å². The largest absolute Gasteiger partial charge is 0.379 e. The van der Waals surface area contributed by atoms with Gasteiger partial charge in [0.25, 0.3) is 0 Å². The van der Waals surface area contributed by atoms with Crippen LogP contribution < -0.4 is 10.6 Å². The zero-order valence-electron chi connectivity index (χ0n) is 8.21. The van der Waals surface area contributed by atoms with Gasteiger partial charge in [-0.2, -0.15) is 0 Å². The van der Waals surface area contributed by atoms with Gasteiger partial charge < -0.3 is 10.1 Å². The predicted molar refractivity (Wildman–Crippen MR) is 49.9 cm³/mol. The van der Waals surface area contributed by atoms with Gasteiger partial charge in [-0.15, -0.1) is 0 Å². The van der Waals surface area contributed by atoms with E-state index in [1.165, 1.54) is 7.05 Å². The molecule has 2 N–H and O–H groups in total. The lowest BCUT2D eigenvalue weighted by molar-refractivity contribution is -0.122. The van der Waals surface area contributed by atoms with Crippen LogP contribution in [0.15, 0.2) is 0 Å². The third kappa shape index (κ3) is 3.71. The van der Waals surface area contributed by atoms with Crippen molar-refractivity contribution in [1.82, 2.24) is 15.5 Å². The van der Waals surface area contributed by atoms with Gasteiger partial charge in [-0.05, 0) is 0 Å². The minimum atomic E-state index is -0.469. The molecule has 1 saturated heterocycles. The summed E-state index contributed by atoms with van der Waals surface area (Å²) in [6.07, 6.45) is 0. The molecule has 0 aromatic heterocycles. The smallest absolute Gasteiger partial charge is 0.321 e. The minimum Gasteiger partial charge on any atom is -0.379 e. The second-order valence-corrected chi connectivity index (χ2v) is 3.02. The van der Waals surface area contributed by atoms with E-state index in [0.29, 0.717) is 13.2 Å². The van der Waals surface area contributed by atoms with Gasteiger partial charge in [0, 0.05) is 20.1 Å². The topological polar surface area (TPSA) is 70.7 Å². The van der Waals surface area contributed by atoms with Crippen LogP contribution in [0.1, 0.15) is 0 Å². The van der Waals surface area contributed by atoms with Crippen LogP contribution in [0.5, 0.6) is 0 Å². The second kappa shape index (κ2) is 5.56. The molecule has 6 nitrogen and oxygen atoms in total. The average Bonchev–Trinajstić information content (AvgIpc) is 2.19. The Bertz CT molecular complexity index is 214. The first-order valence-electron chi connectivity index (χ1n) is 4.54. The summed E-state index contributed by atoms with van der Waals surface area (Å²) in [4.78, 5) is 23.9. The molecule has 14 heavy (non-hydrogen) atoms. The summed E-state index contributed by atoms with van der Waals surface area (Å²) >= 11 is 0. The monoisotopic (exact) mass is 201 g/mol. The SMILES string of the molecule is CNC(=O)NC(=O)CN1CCOCC1. The Kier molecular flexibility index (Phi) is 4.34. The molecule has 3 amide bonds. The lowest BCUT2D eigenvalue weighted by Gasteiger charge is -2.25. The number of hydrogen-bond donors (Lipinski definition) is 2. The number of urea groups is 1. The van der Waals surface area contributed by atoms with Crippen molar-refractivity contribution in [1.29, 1.82) is 0 Å². The molecule has 1 rings (SSSR count). The van der Waals surface area contributed by atoms with Gasteiger partial charge >= 0.3 is 6.03 Å². The number of carbonyl (C=O) groups excluding carboxylic acids is 2. The van der Waals surface area contributed by atoms with Crippen molar-refractivity contribution in [3.05, 3.63) is 0 Å². The fourth-order valence-electron chi connectivity index (χ4n) is 1.19. The molecule has 0 unspecified atom stereocenters. The molecule has 0 radical (unpaired) electrons. The third-order valence-corrected chi connectivity index (χ3v) is 1.95. The van der Waals surface area contributed by atoms with E-state index in [-0.39, 0.29) is 12.5 Å². The van der Waals surface area contributed by atoms with Gasteiger partial charge in [0.2, 0.25) is 5.91 Å². The van der Waals surface area contributed by atoms with Gasteiger partial charge in [-0.3, -0.25) is 15.0 Å².